The van der Waals surface area contributed by atoms with Gasteiger partial charge in [-0.1, -0.05) is 101 Å². The Morgan fingerprint density at radius 2 is 1.33 bits per heavy atom. The topological polar surface area (TPSA) is 27.0 Å². The van der Waals surface area contributed by atoms with Crippen molar-refractivity contribution in [3.63, 3.8) is 0 Å². The number of aryl methyl sites for hydroxylation is 3. The van der Waals surface area contributed by atoms with E-state index in [1.165, 1.54) is 27.6 Å². The van der Waals surface area contributed by atoms with E-state index in [4.69, 9.17) is 10.3 Å². The van der Waals surface area contributed by atoms with E-state index in [1.54, 1.807) is 0 Å². The van der Waals surface area contributed by atoms with Crippen LogP contribution in [-0.4, -0.2) is 4.98 Å². The molecule has 4 aromatic carbocycles. The van der Waals surface area contributed by atoms with E-state index in [2.05, 4.69) is 118 Å². The van der Waals surface area contributed by atoms with Crippen molar-refractivity contribution in [3.05, 3.63) is 151 Å². The van der Waals surface area contributed by atoms with Crippen molar-refractivity contribution >= 4 is 16.5 Å². The van der Waals surface area contributed by atoms with Crippen LogP contribution in [0.15, 0.2) is 97.1 Å². The minimum Gasteiger partial charge on any atom is -0.673 e. The zero-order valence-electron chi connectivity index (χ0n) is 21.7. The van der Waals surface area contributed by atoms with Gasteiger partial charge in [0.05, 0.1) is 0 Å². The summed E-state index contributed by atoms with van der Waals surface area (Å²) in [6, 6.07) is 36.7. The smallest absolute Gasteiger partial charge is 0.673 e. The van der Waals surface area contributed by atoms with Gasteiger partial charge in [-0.25, -0.2) is 0 Å². The predicted molar refractivity (Wildman–Crippen MR) is 151 cm³/mol. The summed E-state index contributed by atoms with van der Waals surface area (Å²) >= 11 is 0. The van der Waals surface area contributed by atoms with Crippen LogP contribution in [0.25, 0.3) is 27.3 Å². The Hall–Kier alpha value is -3.04. The van der Waals surface area contributed by atoms with Crippen LogP contribution in [0.5, 0.6) is 0 Å². The fourth-order valence-electron chi connectivity index (χ4n) is 4.44. The Kier molecular flexibility index (Phi) is 10.4. The van der Waals surface area contributed by atoms with Crippen LogP contribution in [0.2, 0.25) is 0 Å². The van der Waals surface area contributed by atoms with Crippen LogP contribution in [0, 0.1) is 41.7 Å². The van der Waals surface area contributed by atoms with Crippen LogP contribution >= 0.6 is 0 Å². The molecule has 1 aromatic heterocycles. The van der Waals surface area contributed by atoms with Gasteiger partial charge in [-0.2, -0.15) is 0 Å². The van der Waals surface area contributed by atoms with E-state index < -0.39 is 0 Å². The minimum atomic E-state index is -0.194. The Morgan fingerprint density at radius 3 is 2.08 bits per heavy atom. The van der Waals surface area contributed by atoms with Gasteiger partial charge in [0.2, 0.25) is 0 Å². The average molecular weight is 635 g/mol. The van der Waals surface area contributed by atoms with Crippen molar-refractivity contribution in [1.29, 1.82) is 0 Å². The Balaban J connectivity index is 0.00000152. The van der Waals surface area contributed by atoms with Gasteiger partial charge in [0.25, 0.3) is 0 Å². The zero-order valence-corrected chi connectivity index (χ0v) is 25.3. The first-order valence-corrected chi connectivity index (χ1v) is 11.3. The van der Waals surface area contributed by atoms with Crippen LogP contribution in [0.3, 0.4) is 0 Å². The number of aromatic nitrogens is 1. The molecule has 178 valence electrons. The molecule has 0 spiro atoms. The predicted octanol–water partition coefficient (Wildman–Crippen LogP) is 9.32. The summed E-state index contributed by atoms with van der Waals surface area (Å²) in [5, 5.41) is 7.63. The molecule has 0 aliphatic rings. The molecule has 5 rings (SSSR count). The molecule has 1 unspecified atom stereocenters. The third-order valence-electron chi connectivity index (χ3n) is 6.21. The second-order valence-corrected chi connectivity index (χ2v) is 8.52. The molecule has 36 heavy (non-hydrogen) atoms. The van der Waals surface area contributed by atoms with Crippen molar-refractivity contribution in [2.45, 2.75) is 26.8 Å². The van der Waals surface area contributed by atoms with Gasteiger partial charge in [-0.05, 0) is 44.1 Å². The molecule has 0 fully saturated rings. The summed E-state index contributed by atoms with van der Waals surface area (Å²) < 4.78 is 0. The van der Waals surface area contributed by atoms with Gasteiger partial charge in [-0.3, -0.25) is 0 Å². The number of para-hydroxylation sites is 1. The molecular formula is C33H32HfN2. The standard InChI is InChI=1S/C31H26N2.2CH3.Hf/c1-21-11-4-6-16-25(21)31(33-30-22(2)12-8-13-23(30)3)29-20-10-19-28(32-29)27-18-9-15-24-14-5-7-17-26(24)27;;;/h4-17,19-20,31H,1-3H3;2*1H3;/q-2;2*-1;+4. The fraction of sp³-hybridized carbons (Fsp3) is 0.121. The number of rotatable bonds is 5. The Morgan fingerprint density at radius 1 is 0.694 bits per heavy atom. The normalized spacial score (nSPS) is 11.0. The monoisotopic (exact) mass is 636 g/mol. The van der Waals surface area contributed by atoms with E-state index in [-0.39, 0.29) is 46.7 Å². The van der Waals surface area contributed by atoms with Gasteiger partial charge in [0, 0.05) is 5.69 Å². The van der Waals surface area contributed by atoms with Gasteiger partial charge >= 0.3 is 25.8 Å². The van der Waals surface area contributed by atoms with E-state index in [9.17, 15) is 0 Å². The second-order valence-electron chi connectivity index (χ2n) is 8.52. The largest absolute Gasteiger partial charge is 4.00 e. The summed E-state index contributed by atoms with van der Waals surface area (Å²) in [5.41, 5.74) is 8.64. The molecule has 3 heteroatoms. The molecule has 1 heterocycles. The van der Waals surface area contributed by atoms with Crippen LogP contribution < -0.4 is 0 Å². The first-order valence-electron chi connectivity index (χ1n) is 11.3. The molecule has 0 aliphatic heterocycles. The third kappa shape index (κ3) is 5.84. The SMILES string of the molecule is Cc1ccccc1C([N-]c1c(C)cccc1C)c1cccc(-c2[c-]ccc3ccccc23)n1.[CH3-].[CH3-].[Hf+4]. The van der Waals surface area contributed by atoms with Gasteiger partial charge in [0.1, 0.15) is 0 Å². The Bertz CT molecular complexity index is 1420. The first-order chi connectivity index (χ1) is 16.1. The maximum atomic E-state index is 5.28. The molecule has 0 bridgehead atoms. The van der Waals surface area contributed by atoms with Gasteiger partial charge < -0.3 is 25.2 Å². The first kappa shape index (κ1) is 29.2. The molecule has 5 aromatic rings. The Labute approximate surface area is 235 Å². The number of hydrogen-bond donors (Lipinski definition) is 0. The summed E-state index contributed by atoms with van der Waals surface area (Å²) in [6.45, 7) is 6.39. The van der Waals surface area contributed by atoms with Crippen molar-refractivity contribution in [2.75, 3.05) is 0 Å². The molecule has 0 amide bonds. The van der Waals surface area contributed by atoms with E-state index >= 15 is 0 Å². The molecule has 0 radical (unpaired) electrons. The number of fused-ring (bicyclic) bond motifs is 1. The second kappa shape index (κ2) is 12.8. The van der Waals surface area contributed by atoms with E-state index in [1.807, 2.05) is 6.07 Å². The maximum absolute atomic E-state index is 5.28. The van der Waals surface area contributed by atoms with Crippen LogP contribution in [0.4, 0.5) is 5.69 Å². The number of benzene rings is 4. The number of pyridine rings is 1. The summed E-state index contributed by atoms with van der Waals surface area (Å²) in [4.78, 5) is 5.14. The van der Waals surface area contributed by atoms with E-state index in [0.717, 1.165) is 28.0 Å². The molecular weight excluding hydrogens is 603 g/mol. The number of hydrogen-bond acceptors (Lipinski definition) is 1. The fourth-order valence-corrected chi connectivity index (χ4v) is 4.44. The van der Waals surface area contributed by atoms with Crippen LogP contribution in [0.1, 0.15) is 34.0 Å². The average Bonchev–Trinajstić information content (AvgIpc) is 2.84. The van der Waals surface area contributed by atoms with Gasteiger partial charge in [-0.15, -0.1) is 34.8 Å². The zero-order chi connectivity index (χ0) is 22.8. The summed E-state index contributed by atoms with van der Waals surface area (Å²) in [5.74, 6) is 0. The minimum absolute atomic E-state index is 0. The van der Waals surface area contributed by atoms with Crippen molar-refractivity contribution in [3.8, 4) is 11.3 Å². The van der Waals surface area contributed by atoms with E-state index in [0.29, 0.717) is 0 Å². The molecule has 0 saturated carbocycles. The molecule has 0 saturated heterocycles. The van der Waals surface area contributed by atoms with Crippen LogP contribution in [-0.2, 0) is 25.8 Å². The number of nitrogens with zero attached hydrogens (tertiary/aromatic N) is 2. The molecule has 0 aliphatic carbocycles. The summed E-state index contributed by atoms with van der Waals surface area (Å²) in [6.07, 6.45) is 0. The molecule has 1 atom stereocenters. The maximum Gasteiger partial charge on any atom is 4.00 e. The van der Waals surface area contributed by atoms with Crippen molar-refractivity contribution in [2.24, 2.45) is 0 Å². The quantitative estimate of drug-likeness (QED) is 0.140. The van der Waals surface area contributed by atoms with Crippen molar-refractivity contribution < 1.29 is 25.8 Å². The summed E-state index contributed by atoms with van der Waals surface area (Å²) in [7, 11) is 0. The molecule has 2 nitrogen and oxygen atoms in total. The van der Waals surface area contributed by atoms with Gasteiger partial charge in [0.15, 0.2) is 0 Å². The third-order valence-corrected chi connectivity index (χ3v) is 6.21. The van der Waals surface area contributed by atoms with Crippen molar-refractivity contribution in [1.82, 2.24) is 4.98 Å². The molecule has 0 N–H and O–H groups in total.